The summed E-state index contributed by atoms with van der Waals surface area (Å²) in [4.78, 5) is 18.4. The molecule has 4 nitrogen and oxygen atoms in total. The molecule has 0 atom stereocenters. The number of alkyl halides is 3. The number of benzene rings is 2. The lowest BCUT2D eigenvalue weighted by atomic mass is 10.1. The number of hydrogen-bond acceptors (Lipinski definition) is 5. The van der Waals surface area contributed by atoms with Crippen molar-refractivity contribution in [3.63, 3.8) is 0 Å². The molecular weight excluding hydrogens is 384 g/mol. The molecule has 4 rings (SSSR count). The first-order chi connectivity index (χ1) is 12.8. The lowest BCUT2D eigenvalue weighted by Gasteiger charge is -2.38. The molecule has 0 amide bonds. The van der Waals surface area contributed by atoms with Gasteiger partial charge in [0.2, 0.25) is 0 Å². The highest BCUT2D eigenvalue weighted by atomic mass is 32.1. The fraction of sp³-hybridized carbons (Fsp3) is 0.222. The average molecular weight is 396 g/mol. The Kier molecular flexibility index (Phi) is 4.26. The van der Waals surface area contributed by atoms with Crippen LogP contribution in [0.3, 0.4) is 0 Å². The van der Waals surface area contributed by atoms with Crippen LogP contribution in [0, 0.1) is 5.82 Å². The van der Waals surface area contributed by atoms with Gasteiger partial charge in [0.15, 0.2) is 5.13 Å². The Balaban J connectivity index is 1.42. The minimum absolute atomic E-state index is 0.322. The summed E-state index contributed by atoms with van der Waals surface area (Å²) in [7, 11) is 0. The van der Waals surface area contributed by atoms with Gasteiger partial charge in [-0.1, -0.05) is 23.5 Å². The van der Waals surface area contributed by atoms with Crippen LogP contribution >= 0.6 is 11.3 Å². The van der Waals surface area contributed by atoms with E-state index in [1.807, 2.05) is 4.90 Å². The Morgan fingerprint density at radius 2 is 1.93 bits per heavy atom. The maximum atomic E-state index is 13.3. The zero-order valence-electron chi connectivity index (χ0n) is 13.7. The van der Waals surface area contributed by atoms with Crippen LogP contribution in [0.25, 0.3) is 10.2 Å². The smallest absolute Gasteiger partial charge is 0.417 e. The third-order valence-electron chi connectivity index (χ3n) is 4.18. The van der Waals surface area contributed by atoms with E-state index in [-0.39, 0.29) is 5.82 Å². The van der Waals surface area contributed by atoms with Crippen molar-refractivity contribution in [3.8, 4) is 0 Å². The van der Waals surface area contributed by atoms with Crippen molar-refractivity contribution in [3.05, 3.63) is 59.4 Å². The Morgan fingerprint density at radius 1 is 1.19 bits per heavy atom. The number of rotatable bonds is 3. The Morgan fingerprint density at radius 3 is 2.67 bits per heavy atom. The molecule has 2 aromatic carbocycles. The van der Waals surface area contributed by atoms with Crippen LogP contribution in [-0.2, 0) is 10.9 Å². The number of aromatic nitrogens is 1. The Bertz CT molecular complexity index is 1010. The molecule has 0 bridgehead atoms. The van der Waals surface area contributed by atoms with E-state index in [0.717, 1.165) is 12.1 Å². The number of nitrogens with zero attached hydrogens (tertiary/aromatic N) is 2. The second kappa shape index (κ2) is 6.49. The number of carbonyl (C=O) groups excluding carboxylic acids is 1. The molecule has 0 spiro atoms. The van der Waals surface area contributed by atoms with Gasteiger partial charge in [0, 0.05) is 0 Å². The number of esters is 1. The fourth-order valence-electron chi connectivity index (χ4n) is 2.81. The fourth-order valence-corrected chi connectivity index (χ4v) is 3.82. The van der Waals surface area contributed by atoms with E-state index in [2.05, 4.69) is 4.98 Å². The molecule has 27 heavy (non-hydrogen) atoms. The van der Waals surface area contributed by atoms with E-state index in [4.69, 9.17) is 4.74 Å². The van der Waals surface area contributed by atoms with E-state index in [1.54, 1.807) is 6.07 Å². The average Bonchev–Trinajstić information content (AvgIpc) is 2.99. The first-order valence-corrected chi connectivity index (χ1v) is 8.81. The summed E-state index contributed by atoms with van der Waals surface area (Å²) in [5.41, 5.74) is -0.853. The van der Waals surface area contributed by atoms with Crippen molar-refractivity contribution in [2.75, 3.05) is 18.0 Å². The van der Waals surface area contributed by atoms with Gasteiger partial charge in [0.1, 0.15) is 11.9 Å². The molecule has 1 saturated heterocycles. The highest BCUT2D eigenvalue weighted by molar-refractivity contribution is 7.22. The Labute approximate surface area is 155 Å². The normalized spacial score (nSPS) is 15.0. The minimum Gasteiger partial charge on any atom is -0.455 e. The molecule has 3 aromatic rings. The van der Waals surface area contributed by atoms with Crippen LogP contribution in [0.1, 0.15) is 15.9 Å². The number of halogens is 4. The highest BCUT2D eigenvalue weighted by Gasteiger charge is 2.37. The predicted molar refractivity (Wildman–Crippen MR) is 92.4 cm³/mol. The summed E-state index contributed by atoms with van der Waals surface area (Å²) in [6.45, 7) is 0.643. The highest BCUT2D eigenvalue weighted by Crippen LogP contribution is 2.34. The first-order valence-electron chi connectivity index (χ1n) is 7.99. The molecule has 140 valence electrons. The van der Waals surface area contributed by atoms with E-state index in [1.165, 1.54) is 35.6 Å². The zero-order valence-corrected chi connectivity index (χ0v) is 14.5. The summed E-state index contributed by atoms with van der Waals surface area (Å²) < 4.78 is 58.2. The van der Waals surface area contributed by atoms with E-state index < -0.39 is 29.4 Å². The third kappa shape index (κ3) is 3.46. The van der Waals surface area contributed by atoms with Gasteiger partial charge in [-0.05, 0) is 30.3 Å². The second-order valence-electron chi connectivity index (χ2n) is 6.08. The van der Waals surface area contributed by atoms with Gasteiger partial charge >= 0.3 is 12.1 Å². The van der Waals surface area contributed by atoms with Gasteiger partial charge < -0.3 is 9.64 Å². The lowest BCUT2D eigenvalue weighted by molar-refractivity contribution is -0.138. The molecule has 0 unspecified atom stereocenters. The first kappa shape index (κ1) is 17.7. The monoisotopic (exact) mass is 396 g/mol. The summed E-state index contributed by atoms with van der Waals surface area (Å²) in [6.07, 6.45) is -5.15. The maximum Gasteiger partial charge on any atom is 0.417 e. The van der Waals surface area contributed by atoms with E-state index >= 15 is 0 Å². The standard InChI is InChI=1S/C18H12F4N2O2S/c19-10-5-6-14-15(7-10)27-17(23-14)24-8-11(9-24)26-16(25)12-3-1-2-4-13(12)18(20,21)22/h1-7,11H,8-9H2. The molecule has 0 radical (unpaired) electrons. The van der Waals surface area contributed by atoms with Crippen molar-refractivity contribution >= 4 is 32.7 Å². The molecule has 1 aliphatic heterocycles. The summed E-state index contributed by atoms with van der Waals surface area (Å²) in [5.74, 6) is -1.35. The van der Waals surface area contributed by atoms with Gasteiger partial charge in [0.05, 0.1) is 34.4 Å². The van der Waals surface area contributed by atoms with Gasteiger partial charge in [-0.2, -0.15) is 13.2 Å². The zero-order chi connectivity index (χ0) is 19.2. The second-order valence-corrected chi connectivity index (χ2v) is 7.09. The van der Waals surface area contributed by atoms with Crippen LogP contribution < -0.4 is 4.90 Å². The van der Waals surface area contributed by atoms with Crippen molar-refractivity contribution in [2.24, 2.45) is 0 Å². The van der Waals surface area contributed by atoms with Crippen molar-refractivity contribution in [1.29, 1.82) is 0 Å². The lowest BCUT2D eigenvalue weighted by Crippen LogP contribution is -2.53. The molecule has 1 aromatic heterocycles. The van der Waals surface area contributed by atoms with Crippen LogP contribution in [0.15, 0.2) is 42.5 Å². The van der Waals surface area contributed by atoms with E-state index in [0.29, 0.717) is 28.4 Å². The number of fused-ring (bicyclic) bond motifs is 1. The minimum atomic E-state index is -4.63. The molecule has 0 saturated carbocycles. The molecule has 0 N–H and O–H groups in total. The predicted octanol–water partition coefficient (Wildman–Crippen LogP) is 4.50. The largest absolute Gasteiger partial charge is 0.455 e. The van der Waals surface area contributed by atoms with Crippen molar-refractivity contribution < 1.29 is 27.1 Å². The number of carbonyl (C=O) groups is 1. The van der Waals surface area contributed by atoms with Crippen LogP contribution in [0.4, 0.5) is 22.7 Å². The van der Waals surface area contributed by atoms with Crippen LogP contribution in [-0.4, -0.2) is 30.1 Å². The van der Waals surface area contributed by atoms with E-state index in [9.17, 15) is 22.4 Å². The topological polar surface area (TPSA) is 42.4 Å². The maximum absolute atomic E-state index is 13.3. The molecule has 9 heteroatoms. The Hall–Kier alpha value is -2.68. The van der Waals surface area contributed by atoms with Crippen molar-refractivity contribution in [1.82, 2.24) is 4.98 Å². The number of thiazole rings is 1. The van der Waals surface area contributed by atoms with Crippen LogP contribution in [0.5, 0.6) is 0 Å². The SMILES string of the molecule is O=C(OC1CN(c2nc3ccc(F)cc3s2)C1)c1ccccc1C(F)(F)F. The summed E-state index contributed by atoms with van der Waals surface area (Å²) in [5, 5.41) is 0.651. The number of anilines is 1. The molecule has 1 aliphatic rings. The molecule has 1 fully saturated rings. The molecular formula is C18H12F4N2O2S. The quantitative estimate of drug-likeness (QED) is 0.483. The van der Waals surface area contributed by atoms with Gasteiger partial charge in [0.25, 0.3) is 0 Å². The van der Waals surface area contributed by atoms with Gasteiger partial charge in [-0.25, -0.2) is 14.2 Å². The summed E-state index contributed by atoms with van der Waals surface area (Å²) in [6, 6.07) is 8.83. The van der Waals surface area contributed by atoms with Crippen LogP contribution in [0.2, 0.25) is 0 Å². The van der Waals surface area contributed by atoms with Gasteiger partial charge in [-0.15, -0.1) is 0 Å². The third-order valence-corrected chi connectivity index (χ3v) is 5.26. The van der Waals surface area contributed by atoms with Crippen molar-refractivity contribution in [2.45, 2.75) is 12.3 Å². The number of ether oxygens (including phenoxy) is 1. The number of hydrogen-bond donors (Lipinski definition) is 0. The molecule has 2 heterocycles. The summed E-state index contributed by atoms with van der Waals surface area (Å²) >= 11 is 1.30. The molecule has 0 aliphatic carbocycles. The van der Waals surface area contributed by atoms with Gasteiger partial charge in [-0.3, -0.25) is 0 Å².